The molecule has 0 fully saturated rings. The maximum atomic E-state index is 6.38. The first kappa shape index (κ1) is 25.7. The van der Waals surface area contributed by atoms with E-state index in [1.54, 1.807) is 0 Å². The predicted molar refractivity (Wildman–Crippen MR) is 205 cm³/mol. The molecule has 0 saturated heterocycles. The molecule has 0 aliphatic rings. The zero-order valence-corrected chi connectivity index (χ0v) is 26.7. The molecule has 0 radical (unpaired) electrons. The third kappa shape index (κ3) is 3.53. The van der Waals surface area contributed by atoms with E-state index in [0.717, 1.165) is 21.9 Å². The van der Waals surface area contributed by atoms with Crippen molar-refractivity contribution in [2.75, 3.05) is 0 Å². The maximum absolute atomic E-state index is 6.38. The zero-order valence-electron chi connectivity index (χ0n) is 25.1. The van der Waals surface area contributed by atoms with Crippen LogP contribution in [0.2, 0.25) is 0 Å². The van der Waals surface area contributed by atoms with Gasteiger partial charge in [-0.3, -0.25) is 0 Å². The minimum atomic E-state index is 0.919. The third-order valence-corrected chi connectivity index (χ3v) is 12.4. The number of furan rings is 1. The van der Waals surface area contributed by atoms with Crippen LogP contribution in [0.3, 0.4) is 0 Å². The van der Waals surface area contributed by atoms with Crippen molar-refractivity contribution in [3.8, 4) is 22.3 Å². The van der Waals surface area contributed by atoms with Crippen LogP contribution in [0.4, 0.5) is 0 Å². The first-order chi connectivity index (χ1) is 23.3. The Hall–Kier alpha value is -5.48. The highest BCUT2D eigenvalue weighted by Crippen LogP contribution is 2.52. The van der Waals surface area contributed by atoms with Crippen LogP contribution in [-0.4, -0.2) is 0 Å². The summed E-state index contributed by atoms with van der Waals surface area (Å²) < 4.78 is 11.8. The van der Waals surface area contributed by atoms with Gasteiger partial charge in [-0.2, -0.15) is 0 Å². The van der Waals surface area contributed by atoms with Crippen LogP contribution in [0.25, 0.3) is 106 Å². The maximum Gasteiger partial charge on any atom is 0.136 e. The van der Waals surface area contributed by atoms with E-state index in [1.165, 1.54) is 84.1 Å². The lowest BCUT2D eigenvalue weighted by atomic mass is 9.84. The van der Waals surface area contributed by atoms with Gasteiger partial charge in [0.1, 0.15) is 11.2 Å². The molecule has 1 nitrogen and oxygen atoms in total. The van der Waals surface area contributed by atoms with Crippen LogP contribution >= 0.6 is 22.7 Å². The molecule has 0 N–H and O–H groups in total. The van der Waals surface area contributed by atoms with Crippen molar-refractivity contribution in [2.45, 2.75) is 0 Å². The lowest BCUT2D eigenvalue weighted by Gasteiger charge is -2.18. The molecule has 3 heteroatoms. The van der Waals surface area contributed by atoms with Crippen molar-refractivity contribution in [1.29, 1.82) is 0 Å². The summed E-state index contributed by atoms with van der Waals surface area (Å²) in [5, 5.41) is 12.7. The van der Waals surface area contributed by atoms with Crippen molar-refractivity contribution in [3.63, 3.8) is 0 Å². The molecule has 47 heavy (non-hydrogen) atoms. The number of para-hydroxylation sites is 1. The van der Waals surface area contributed by atoms with Gasteiger partial charge in [-0.1, -0.05) is 109 Å². The van der Waals surface area contributed by atoms with E-state index >= 15 is 0 Å². The molecule has 3 heterocycles. The van der Waals surface area contributed by atoms with Gasteiger partial charge < -0.3 is 4.42 Å². The van der Waals surface area contributed by atoms with Crippen LogP contribution < -0.4 is 0 Å². The Morgan fingerprint density at radius 1 is 0.362 bits per heavy atom. The van der Waals surface area contributed by atoms with Crippen molar-refractivity contribution >= 4 is 107 Å². The lowest BCUT2D eigenvalue weighted by Crippen LogP contribution is -1.91. The second-order valence-corrected chi connectivity index (χ2v) is 14.5. The van der Waals surface area contributed by atoms with Gasteiger partial charge in [0.25, 0.3) is 0 Å². The Balaban J connectivity index is 1.31. The normalized spacial score (nSPS) is 12.3. The molecule has 0 saturated carbocycles. The minimum absolute atomic E-state index is 0.919. The van der Waals surface area contributed by atoms with Crippen LogP contribution in [0.1, 0.15) is 0 Å². The Morgan fingerprint density at radius 3 is 1.62 bits per heavy atom. The molecule has 0 amide bonds. The number of benzene rings is 8. The summed E-state index contributed by atoms with van der Waals surface area (Å²) in [6, 6.07) is 53.3. The summed E-state index contributed by atoms with van der Waals surface area (Å²) in [6.07, 6.45) is 0. The van der Waals surface area contributed by atoms with Crippen molar-refractivity contribution in [2.24, 2.45) is 0 Å². The fraction of sp³-hybridized carbons (Fsp3) is 0. The molecule has 0 unspecified atom stereocenters. The highest BCUT2D eigenvalue weighted by molar-refractivity contribution is 7.33. The van der Waals surface area contributed by atoms with Gasteiger partial charge >= 0.3 is 0 Å². The molecular weight excluding hydrogens is 609 g/mol. The molecule has 218 valence electrons. The molecule has 3 aromatic heterocycles. The smallest absolute Gasteiger partial charge is 0.136 e. The number of hydrogen-bond donors (Lipinski definition) is 0. The second kappa shape index (κ2) is 9.52. The molecule has 8 aromatic carbocycles. The summed E-state index contributed by atoms with van der Waals surface area (Å²) in [5.41, 5.74) is 6.86. The predicted octanol–water partition coefficient (Wildman–Crippen LogP) is 14.0. The molecule has 0 aliphatic heterocycles. The van der Waals surface area contributed by atoms with Crippen molar-refractivity contribution in [3.05, 3.63) is 146 Å². The van der Waals surface area contributed by atoms with E-state index in [4.69, 9.17) is 4.42 Å². The summed E-state index contributed by atoms with van der Waals surface area (Å²) in [7, 11) is 0. The monoisotopic (exact) mass is 632 g/mol. The summed E-state index contributed by atoms with van der Waals surface area (Å²) in [5.74, 6) is 0. The van der Waals surface area contributed by atoms with E-state index in [2.05, 4.69) is 140 Å². The fourth-order valence-corrected chi connectivity index (χ4v) is 10.4. The van der Waals surface area contributed by atoms with E-state index in [1.807, 2.05) is 28.7 Å². The largest absolute Gasteiger partial charge is 0.456 e. The quantitative estimate of drug-likeness (QED) is 0.173. The standard InChI is InChI=1S/C44H24OS2/c1-3-15-31-29(13-1)40(25-21-22-27-26-11-5-8-18-36(26)45-37(27)23-25)30-14-2-4-16-32(30)41(31)35-24-34-28-12-6-9-19-38(28)46-43(34)44-42(35)33-17-7-10-20-39(33)47-44/h1-24H. The van der Waals surface area contributed by atoms with Gasteiger partial charge in [0.05, 0.1) is 9.40 Å². The Morgan fingerprint density at radius 2 is 0.894 bits per heavy atom. The van der Waals surface area contributed by atoms with Crippen LogP contribution in [0, 0.1) is 0 Å². The van der Waals surface area contributed by atoms with Crippen molar-refractivity contribution in [1.82, 2.24) is 0 Å². The average Bonchev–Trinajstić information content (AvgIpc) is 3.81. The Labute approximate surface area is 277 Å². The van der Waals surface area contributed by atoms with Crippen LogP contribution in [0.15, 0.2) is 150 Å². The average molecular weight is 633 g/mol. The van der Waals surface area contributed by atoms with Gasteiger partial charge in [0.2, 0.25) is 0 Å². The summed E-state index contributed by atoms with van der Waals surface area (Å²) in [4.78, 5) is 0. The summed E-state index contributed by atoms with van der Waals surface area (Å²) in [6.45, 7) is 0. The van der Waals surface area contributed by atoms with E-state index < -0.39 is 0 Å². The lowest BCUT2D eigenvalue weighted by molar-refractivity contribution is 0.669. The van der Waals surface area contributed by atoms with Gasteiger partial charge in [-0.15, -0.1) is 22.7 Å². The first-order valence-electron chi connectivity index (χ1n) is 15.9. The van der Waals surface area contributed by atoms with Crippen LogP contribution in [0.5, 0.6) is 0 Å². The van der Waals surface area contributed by atoms with E-state index in [0.29, 0.717) is 0 Å². The van der Waals surface area contributed by atoms with E-state index in [-0.39, 0.29) is 0 Å². The molecule has 11 aromatic rings. The second-order valence-electron chi connectivity index (χ2n) is 12.4. The molecule has 0 atom stereocenters. The molecular formula is C44H24OS2. The molecule has 0 bridgehead atoms. The van der Waals surface area contributed by atoms with Gasteiger partial charge in [-0.05, 0) is 80.2 Å². The van der Waals surface area contributed by atoms with Crippen molar-refractivity contribution < 1.29 is 4.42 Å². The number of hydrogen-bond acceptors (Lipinski definition) is 3. The molecule has 11 rings (SSSR count). The third-order valence-electron chi connectivity index (χ3n) is 9.86. The van der Waals surface area contributed by atoms with Gasteiger partial charge in [-0.25, -0.2) is 0 Å². The topological polar surface area (TPSA) is 13.1 Å². The van der Waals surface area contributed by atoms with Gasteiger partial charge in [0, 0.05) is 41.7 Å². The number of thiophene rings is 2. The zero-order chi connectivity index (χ0) is 30.6. The van der Waals surface area contributed by atoms with Crippen LogP contribution in [-0.2, 0) is 0 Å². The molecule has 0 spiro atoms. The number of fused-ring (bicyclic) bond motifs is 12. The minimum Gasteiger partial charge on any atom is -0.456 e. The Kier molecular flexibility index (Phi) is 5.20. The van der Waals surface area contributed by atoms with Gasteiger partial charge in [0.15, 0.2) is 0 Å². The highest BCUT2D eigenvalue weighted by atomic mass is 32.1. The summed E-state index contributed by atoms with van der Waals surface area (Å²) >= 11 is 3.85. The SMILES string of the molecule is c1ccc2c(c1)oc1cc(-c3c4ccccc4c(-c4cc5c6ccccc6sc5c5sc6ccccc6c45)c4ccccc34)ccc12. The fourth-order valence-electron chi connectivity index (χ4n) is 7.87. The number of rotatable bonds is 2. The van der Waals surface area contributed by atoms with E-state index in [9.17, 15) is 0 Å². The Bertz CT molecular complexity index is 3020. The highest BCUT2D eigenvalue weighted by Gasteiger charge is 2.23. The first-order valence-corrected chi connectivity index (χ1v) is 17.6. The molecule has 0 aliphatic carbocycles.